The average Bonchev–Trinajstić information content (AvgIpc) is 2.78. The largest absolute Gasteiger partial charge is 0.304 e. The van der Waals surface area contributed by atoms with Gasteiger partial charge >= 0.3 is 0 Å². The van der Waals surface area contributed by atoms with Crippen LogP contribution in [0.2, 0.25) is 0 Å². The lowest BCUT2D eigenvalue weighted by atomic mass is 10.1. The summed E-state index contributed by atoms with van der Waals surface area (Å²) in [7, 11) is 2.08. The number of hydrogen-bond acceptors (Lipinski definition) is 4. The number of carbonyl (C=O) groups excluding carboxylic acids is 2. The predicted octanol–water partition coefficient (Wildman–Crippen LogP) is 1.18. The quantitative estimate of drug-likeness (QED) is 0.770. The Balaban J connectivity index is 1.84. The lowest BCUT2D eigenvalue weighted by molar-refractivity contribution is -0.123. The summed E-state index contributed by atoms with van der Waals surface area (Å²) in [6.07, 6.45) is 0.302. The molecule has 2 saturated heterocycles. The molecule has 2 aliphatic heterocycles. The highest BCUT2D eigenvalue weighted by Gasteiger charge is 2.43. The van der Waals surface area contributed by atoms with Crippen molar-refractivity contribution in [3.05, 3.63) is 29.3 Å². The molecule has 3 rings (SSSR count). The van der Waals surface area contributed by atoms with Gasteiger partial charge in [0.1, 0.15) is 0 Å². The van der Waals surface area contributed by atoms with Crippen molar-refractivity contribution < 1.29 is 9.59 Å². The van der Waals surface area contributed by atoms with E-state index in [1.165, 1.54) is 4.90 Å². The number of hydrogen-bond donors (Lipinski definition) is 0. The average molecular weight is 301 g/mol. The van der Waals surface area contributed by atoms with Gasteiger partial charge in [-0.3, -0.25) is 14.5 Å². The molecule has 2 heterocycles. The molecule has 118 valence electrons. The molecule has 0 spiro atoms. The normalized spacial score (nSPS) is 24.3. The van der Waals surface area contributed by atoms with Gasteiger partial charge in [-0.15, -0.1) is 0 Å². The summed E-state index contributed by atoms with van der Waals surface area (Å²) in [5.41, 5.74) is 2.77. The first-order chi connectivity index (χ1) is 10.5. The molecule has 22 heavy (non-hydrogen) atoms. The number of piperazine rings is 1. The van der Waals surface area contributed by atoms with Gasteiger partial charge in [0.15, 0.2) is 0 Å². The Morgan fingerprint density at radius 3 is 2.41 bits per heavy atom. The Labute approximate surface area is 131 Å². The first-order valence-electron chi connectivity index (χ1n) is 7.84. The van der Waals surface area contributed by atoms with E-state index in [2.05, 4.69) is 16.8 Å². The van der Waals surface area contributed by atoms with E-state index in [0.717, 1.165) is 43.0 Å². The van der Waals surface area contributed by atoms with Crippen molar-refractivity contribution in [3.8, 4) is 0 Å². The highest BCUT2D eigenvalue weighted by molar-refractivity contribution is 6.22. The van der Waals surface area contributed by atoms with Crippen LogP contribution >= 0.6 is 0 Å². The van der Waals surface area contributed by atoms with Gasteiger partial charge in [-0.1, -0.05) is 12.1 Å². The zero-order chi connectivity index (χ0) is 15.9. The molecule has 2 amide bonds. The zero-order valence-corrected chi connectivity index (χ0v) is 13.5. The number of benzene rings is 1. The highest BCUT2D eigenvalue weighted by Crippen LogP contribution is 2.29. The zero-order valence-electron chi connectivity index (χ0n) is 13.5. The van der Waals surface area contributed by atoms with Gasteiger partial charge in [0.25, 0.3) is 5.91 Å². The monoisotopic (exact) mass is 301 g/mol. The van der Waals surface area contributed by atoms with E-state index in [0.29, 0.717) is 6.42 Å². The Bertz CT molecular complexity index is 606. The van der Waals surface area contributed by atoms with Crippen LogP contribution in [-0.2, 0) is 9.59 Å². The van der Waals surface area contributed by atoms with E-state index in [4.69, 9.17) is 0 Å². The van der Waals surface area contributed by atoms with Crippen molar-refractivity contribution in [2.45, 2.75) is 26.3 Å². The van der Waals surface area contributed by atoms with Crippen LogP contribution in [0.1, 0.15) is 17.5 Å². The van der Waals surface area contributed by atoms with E-state index in [-0.39, 0.29) is 17.9 Å². The number of nitrogens with zero attached hydrogens (tertiary/aromatic N) is 3. The van der Waals surface area contributed by atoms with Crippen LogP contribution in [0.3, 0.4) is 0 Å². The van der Waals surface area contributed by atoms with Crippen LogP contribution in [0.25, 0.3) is 0 Å². The summed E-state index contributed by atoms with van der Waals surface area (Å²) in [5, 5.41) is 0. The topological polar surface area (TPSA) is 43.9 Å². The Morgan fingerprint density at radius 1 is 1.05 bits per heavy atom. The second-order valence-corrected chi connectivity index (χ2v) is 6.42. The fraction of sp³-hybridized carbons (Fsp3) is 0.529. The van der Waals surface area contributed by atoms with E-state index < -0.39 is 0 Å². The number of aryl methyl sites for hydroxylation is 2. The summed E-state index contributed by atoms with van der Waals surface area (Å²) < 4.78 is 0. The van der Waals surface area contributed by atoms with Gasteiger partial charge in [0, 0.05) is 26.2 Å². The van der Waals surface area contributed by atoms with Crippen LogP contribution in [0.15, 0.2) is 18.2 Å². The molecular weight excluding hydrogens is 278 g/mol. The van der Waals surface area contributed by atoms with Gasteiger partial charge in [0.05, 0.1) is 18.2 Å². The second kappa shape index (κ2) is 5.82. The number of rotatable bonds is 2. The summed E-state index contributed by atoms with van der Waals surface area (Å²) in [6.45, 7) is 7.51. The fourth-order valence-corrected chi connectivity index (χ4v) is 3.25. The van der Waals surface area contributed by atoms with Crippen LogP contribution < -0.4 is 4.90 Å². The van der Waals surface area contributed by atoms with Crippen LogP contribution in [-0.4, -0.2) is 60.9 Å². The van der Waals surface area contributed by atoms with Crippen molar-refractivity contribution in [2.24, 2.45) is 0 Å². The predicted molar refractivity (Wildman–Crippen MR) is 85.9 cm³/mol. The molecule has 0 saturated carbocycles. The van der Waals surface area contributed by atoms with Gasteiger partial charge in [-0.2, -0.15) is 0 Å². The molecule has 0 bridgehead atoms. The maximum Gasteiger partial charge on any atom is 0.251 e. The molecule has 5 heteroatoms. The summed E-state index contributed by atoms with van der Waals surface area (Å²) in [4.78, 5) is 31.0. The lowest BCUT2D eigenvalue weighted by Crippen LogP contribution is -2.51. The molecule has 1 aromatic carbocycles. The van der Waals surface area contributed by atoms with Crippen molar-refractivity contribution in [3.63, 3.8) is 0 Å². The summed E-state index contributed by atoms with van der Waals surface area (Å²) >= 11 is 0. The van der Waals surface area contributed by atoms with Crippen molar-refractivity contribution in [1.29, 1.82) is 0 Å². The molecule has 0 radical (unpaired) electrons. The Morgan fingerprint density at radius 2 is 1.73 bits per heavy atom. The molecule has 0 N–H and O–H groups in total. The van der Waals surface area contributed by atoms with E-state index in [1.54, 1.807) is 0 Å². The van der Waals surface area contributed by atoms with Crippen molar-refractivity contribution >= 4 is 17.5 Å². The second-order valence-electron chi connectivity index (χ2n) is 6.42. The molecule has 2 fully saturated rings. The molecular formula is C17H23N3O2. The van der Waals surface area contributed by atoms with E-state index in [1.807, 2.05) is 32.0 Å². The van der Waals surface area contributed by atoms with Crippen molar-refractivity contribution in [2.75, 3.05) is 38.1 Å². The maximum absolute atomic E-state index is 12.8. The number of likely N-dealkylation sites (N-methyl/N-ethyl adjacent to an activating group) is 1. The Kier molecular flexibility index (Phi) is 4.02. The van der Waals surface area contributed by atoms with Crippen molar-refractivity contribution in [1.82, 2.24) is 9.80 Å². The van der Waals surface area contributed by atoms with Gasteiger partial charge in [-0.25, -0.2) is 4.90 Å². The third kappa shape index (κ3) is 2.66. The molecule has 2 aliphatic rings. The smallest absolute Gasteiger partial charge is 0.251 e. The van der Waals surface area contributed by atoms with Crippen LogP contribution in [0, 0.1) is 13.8 Å². The minimum atomic E-state index is -0.291. The maximum atomic E-state index is 12.8. The van der Waals surface area contributed by atoms with Crippen LogP contribution in [0.4, 0.5) is 5.69 Å². The molecule has 0 unspecified atom stereocenters. The SMILES string of the molecule is Cc1ccc(C)c(N2C(=O)C[C@H](N3CCN(C)CC3)C2=O)c1. The molecule has 0 aliphatic carbocycles. The minimum absolute atomic E-state index is 0.0664. The number of anilines is 1. The molecule has 1 aromatic rings. The summed E-state index contributed by atoms with van der Waals surface area (Å²) in [6, 6.07) is 5.61. The molecule has 5 nitrogen and oxygen atoms in total. The standard InChI is InChI=1S/C17H23N3O2/c1-12-4-5-13(2)14(10-12)20-16(21)11-15(17(20)22)19-8-6-18(3)7-9-19/h4-5,10,15H,6-9,11H2,1-3H3/t15-/m0/s1. The van der Waals surface area contributed by atoms with Gasteiger partial charge < -0.3 is 4.90 Å². The first-order valence-corrected chi connectivity index (χ1v) is 7.84. The Hall–Kier alpha value is -1.72. The fourth-order valence-electron chi connectivity index (χ4n) is 3.25. The van der Waals surface area contributed by atoms with Gasteiger partial charge in [0.2, 0.25) is 5.91 Å². The van der Waals surface area contributed by atoms with Crippen LogP contribution in [0.5, 0.6) is 0 Å². The molecule has 0 aromatic heterocycles. The number of imide groups is 1. The number of carbonyl (C=O) groups is 2. The first kappa shape index (κ1) is 15.2. The third-order valence-corrected chi connectivity index (χ3v) is 4.71. The summed E-state index contributed by atoms with van der Waals surface area (Å²) in [5.74, 6) is -0.147. The highest BCUT2D eigenvalue weighted by atomic mass is 16.2. The lowest BCUT2D eigenvalue weighted by Gasteiger charge is -2.35. The molecule has 1 atom stereocenters. The van der Waals surface area contributed by atoms with E-state index in [9.17, 15) is 9.59 Å². The van der Waals surface area contributed by atoms with Gasteiger partial charge in [-0.05, 0) is 38.1 Å². The number of amides is 2. The van der Waals surface area contributed by atoms with E-state index >= 15 is 0 Å². The third-order valence-electron chi connectivity index (χ3n) is 4.71. The minimum Gasteiger partial charge on any atom is -0.304 e.